The van der Waals surface area contributed by atoms with Crippen molar-refractivity contribution < 1.29 is 14.3 Å². The SMILES string of the molecule is COc1ccc(C2COCCN2C=O)cc1. The van der Waals surface area contributed by atoms with Gasteiger partial charge in [-0.3, -0.25) is 4.79 Å². The molecule has 1 aliphatic rings. The number of hydrogen-bond acceptors (Lipinski definition) is 3. The molecule has 0 aromatic heterocycles. The van der Waals surface area contributed by atoms with Crippen molar-refractivity contribution in [1.29, 1.82) is 0 Å². The Hall–Kier alpha value is -1.55. The van der Waals surface area contributed by atoms with E-state index in [0.29, 0.717) is 19.8 Å². The largest absolute Gasteiger partial charge is 0.497 e. The van der Waals surface area contributed by atoms with Crippen LogP contribution >= 0.6 is 0 Å². The third-order valence-corrected chi connectivity index (χ3v) is 2.81. The standard InChI is InChI=1S/C12H15NO3/c1-15-11-4-2-10(3-5-11)12-8-16-7-6-13(12)9-14/h2-5,9,12H,6-8H2,1H3. The van der Waals surface area contributed by atoms with Crippen molar-refractivity contribution in [1.82, 2.24) is 4.90 Å². The fourth-order valence-electron chi connectivity index (χ4n) is 1.86. The molecule has 0 radical (unpaired) electrons. The topological polar surface area (TPSA) is 38.8 Å². The second-order valence-electron chi connectivity index (χ2n) is 3.71. The molecule has 16 heavy (non-hydrogen) atoms. The number of morpholine rings is 1. The fourth-order valence-corrected chi connectivity index (χ4v) is 1.86. The highest BCUT2D eigenvalue weighted by atomic mass is 16.5. The Morgan fingerprint density at radius 1 is 1.44 bits per heavy atom. The van der Waals surface area contributed by atoms with E-state index in [1.165, 1.54) is 0 Å². The molecule has 1 aromatic carbocycles. The van der Waals surface area contributed by atoms with Gasteiger partial charge in [0.15, 0.2) is 0 Å². The molecule has 2 rings (SSSR count). The van der Waals surface area contributed by atoms with E-state index < -0.39 is 0 Å². The highest BCUT2D eigenvalue weighted by Crippen LogP contribution is 2.24. The normalized spacial score (nSPS) is 20.6. The molecule has 0 N–H and O–H groups in total. The molecule has 0 spiro atoms. The minimum atomic E-state index is 0.0251. The monoisotopic (exact) mass is 221 g/mol. The molecule has 1 amide bonds. The third-order valence-electron chi connectivity index (χ3n) is 2.81. The van der Waals surface area contributed by atoms with E-state index in [1.807, 2.05) is 24.3 Å². The van der Waals surface area contributed by atoms with Crippen LogP contribution in [0.5, 0.6) is 5.75 Å². The Balaban J connectivity index is 2.17. The van der Waals surface area contributed by atoms with Crippen LogP contribution in [0.15, 0.2) is 24.3 Å². The van der Waals surface area contributed by atoms with E-state index in [2.05, 4.69) is 0 Å². The second-order valence-corrected chi connectivity index (χ2v) is 3.71. The molecule has 1 aromatic rings. The van der Waals surface area contributed by atoms with E-state index in [4.69, 9.17) is 9.47 Å². The summed E-state index contributed by atoms with van der Waals surface area (Å²) in [6, 6.07) is 7.75. The van der Waals surface area contributed by atoms with Crippen LogP contribution in [0.3, 0.4) is 0 Å². The Kier molecular flexibility index (Phi) is 3.41. The quantitative estimate of drug-likeness (QED) is 0.720. The summed E-state index contributed by atoms with van der Waals surface area (Å²) in [5, 5.41) is 0. The number of carbonyl (C=O) groups excluding carboxylic acids is 1. The Morgan fingerprint density at radius 2 is 2.19 bits per heavy atom. The summed E-state index contributed by atoms with van der Waals surface area (Å²) < 4.78 is 10.5. The van der Waals surface area contributed by atoms with Gasteiger partial charge in [-0.15, -0.1) is 0 Å². The van der Waals surface area contributed by atoms with E-state index in [9.17, 15) is 4.79 Å². The Morgan fingerprint density at radius 3 is 2.81 bits per heavy atom. The maximum atomic E-state index is 10.9. The lowest BCUT2D eigenvalue weighted by molar-refractivity contribution is -0.126. The second kappa shape index (κ2) is 4.99. The van der Waals surface area contributed by atoms with E-state index in [-0.39, 0.29) is 6.04 Å². The summed E-state index contributed by atoms with van der Waals surface area (Å²) in [6.07, 6.45) is 0.886. The summed E-state index contributed by atoms with van der Waals surface area (Å²) >= 11 is 0. The molecule has 4 nitrogen and oxygen atoms in total. The van der Waals surface area contributed by atoms with Crippen molar-refractivity contribution in [3.63, 3.8) is 0 Å². The molecule has 1 aliphatic heterocycles. The first-order valence-corrected chi connectivity index (χ1v) is 5.28. The Labute approximate surface area is 94.8 Å². The van der Waals surface area contributed by atoms with Gasteiger partial charge >= 0.3 is 0 Å². The van der Waals surface area contributed by atoms with Crippen LogP contribution in [0.2, 0.25) is 0 Å². The van der Waals surface area contributed by atoms with Crippen LogP contribution in [0.4, 0.5) is 0 Å². The summed E-state index contributed by atoms with van der Waals surface area (Å²) in [4.78, 5) is 12.7. The van der Waals surface area contributed by atoms with Gasteiger partial charge in [0.25, 0.3) is 0 Å². The molecule has 86 valence electrons. The number of ether oxygens (including phenoxy) is 2. The highest BCUT2D eigenvalue weighted by Gasteiger charge is 2.22. The van der Waals surface area contributed by atoms with Gasteiger partial charge in [-0.05, 0) is 17.7 Å². The van der Waals surface area contributed by atoms with Gasteiger partial charge < -0.3 is 14.4 Å². The van der Waals surface area contributed by atoms with E-state index in [0.717, 1.165) is 17.7 Å². The predicted molar refractivity (Wildman–Crippen MR) is 59.3 cm³/mol. The molecule has 1 fully saturated rings. The summed E-state index contributed by atoms with van der Waals surface area (Å²) in [6.45, 7) is 1.83. The average molecular weight is 221 g/mol. The van der Waals surface area contributed by atoms with E-state index in [1.54, 1.807) is 12.0 Å². The first-order chi connectivity index (χ1) is 7.85. The van der Waals surface area contributed by atoms with Crippen LogP contribution in [0.25, 0.3) is 0 Å². The zero-order chi connectivity index (χ0) is 11.4. The lowest BCUT2D eigenvalue weighted by Gasteiger charge is -2.32. The third kappa shape index (κ3) is 2.17. The molecule has 0 aliphatic carbocycles. The number of hydrogen-bond donors (Lipinski definition) is 0. The lowest BCUT2D eigenvalue weighted by atomic mass is 10.1. The predicted octanol–water partition coefficient (Wildman–Crippen LogP) is 1.22. The minimum absolute atomic E-state index is 0.0251. The summed E-state index contributed by atoms with van der Waals surface area (Å²) in [5.74, 6) is 0.818. The maximum Gasteiger partial charge on any atom is 0.210 e. The zero-order valence-electron chi connectivity index (χ0n) is 9.26. The molecule has 1 saturated heterocycles. The van der Waals surface area contributed by atoms with Gasteiger partial charge in [-0.1, -0.05) is 12.1 Å². The molecular formula is C12H15NO3. The van der Waals surface area contributed by atoms with Gasteiger partial charge in [0, 0.05) is 6.54 Å². The number of methoxy groups -OCH3 is 1. The average Bonchev–Trinajstić information content (AvgIpc) is 2.39. The zero-order valence-corrected chi connectivity index (χ0v) is 9.26. The van der Waals surface area contributed by atoms with Gasteiger partial charge in [-0.25, -0.2) is 0 Å². The van der Waals surface area contributed by atoms with Crippen molar-refractivity contribution in [3.05, 3.63) is 29.8 Å². The van der Waals surface area contributed by atoms with Crippen LogP contribution in [0.1, 0.15) is 11.6 Å². The van der Waals surface area contributed by atoms with Crippen LogP contribution in [0, 0.1) is 0 Å². The van der Waals surface area contributed by atoms with Gasteiger partial charge in [0.2, 0.25) is 6.41 Å². The molecule has 1 atom stereocenters. The van der Waals surface area contributed by atoms with Gasteiger partial charge in [0.1, 0.15) is 5.75 Å². The lowest BCUT2D eigenvalue weighted by Crippen LogP contribution is -2.38. The van der Waals surface area contributed by atoms with Crippen molar-refractivity contribution in [2.75, 3.05) is 26.9 Å². The number of benzene rings is 1. The van der Waals surface area contributed by atoms with Gasteiger partial charge in [0.05, 0.1) is 26.4 Å². The maximum absolute atomic E-state index is 10.9. The molecule has 1 unspecified atom stereocenters. The minimum Gasteiger partial charge on any atom is -0.497 e. The van der Waals surface area contributed by atoms with Crippen LogP contribution in [-0.2, 0) is 9.53 Å². The van der Waals surface area contributed by atoms with Crippen molar-refractivity contribution >= 4 is 6.41 Å². The molecular weight excluding hydrogens is 206 g/mol. The smallest absolute Gasteiger partial charge is 0.210 e. The first-order valence-electron chi connectivity index (χ1n) is 5.28. The van der Waals surface area contributed by atoms with Gasteiger partial charge in [-0.2, -0.15) is 0 Å². The first kappa shape index (κ1) is 11.0. The van der Waals surface area contributed by atoms with Crippen LogP contribution < -0.4 is 4.74 Å². The molecule has 4 heteroatoms. The van der Waals surface area contributed by atoms with Crippen molar-refractivity contribution in [2.24, 2.45) is 0 Å². The Bertz CT molecular complexity index is 350. The number of nitrogens with zero attached hydrogens (tertiary/aromatic N) is 1. The highest BCUT2D eigenvalue weighted by molar-refractivity contribution is 5.49. The fraction of sp³-hybridized carbons (Fsp3) is 0.417. The van der Waals surface area contributed by atoms with E-state index >= 15 is 0 Å². The summed E-state index contributed by atoms with van der Waals surface area (Å²) in [5.41, 5.74) is 1.08. The van der Waals surface area contributed by atoms with Crippen molar-refractivity contribution in [3.8, 4) is 5.75 Å². The number of amides is 1. The number of rotatable bonds is 3. The molecule has 0 bridgehead atoms. The number of carbonyl (C=O) groups is 1. The molecule has 0 saturated carbocycles. The molecule has 1 heterocycles. The van der Waals surface area contributed by atoms with Crippen LogP contribution in [-0.4, -0.2) is 38.2 Å². The van der Waals surface area contributed by atoms with Crippen molar-refractivity contribution in [2.45, 2.75) is 6.04 Å². The summed E-state index contributed by atoms with van der Waals surface area (Å²) in [7, 11) is 1.64.